The summed E-state index contributed by atoms with van der Waals surface area (Å²) in [5.74, 6) is -1.24. The largest absolute Gasteiger partial charge is 0.508 e. The van der Waals surface area contributed by atoms with Crippen molar-refractivity contribution >= 4 is 17.6 Å². The zero-order chi connectivity index (χ0) is 15.4. The van der Waals surface area contributed by atoms with Crippen molar-refractivity contribution in [2.75, 3.05) is 11.9 Å². The first-order valence-corrected chi connectivity index (χ1v) is 6.36. The molecule has 0 bridgehead atoms. The molecule has 0 saturated heterocycles. The van der Waals surface area contributed by atoms with Gasteiger partial charge in [-0.1, -0.05) is 24.3 Å². The van der Waals surface area contributed by atoms with E-state index in [1.807, 2.05) is 0 Å². The van der Waals surface area contributed by atoms with E-state index in [-0.39, 0.29) is 23.6 Å². The van der Waals surface area contributed by atoms with E-state index in [2.05, 4.69) is 0 Å². The lowest BCUT2D eigenvalue weighted by molar-refractivity contribution is -0.117. The van der Waals surface area contributed by atoms with Gasteiger partial charge in [-0.15, -0.1) is 0 Å². The summed E-state index contributed by atoms with van der Waals surface area (Å²) in [6, 6.07) is 12.8. The SMILES string of the molecule is CN(C(=O)Cc1cccc(O)c1)c1ccccc1C(=O)O. The highest BCUT2D eigenvalue weighted by atomic mass is 16.4. The maximum Gasteiger partial charge on any atom is 0.337 e. The summed E-state index contributed by atoms with van der Waals surface area (Å²) in [6.07, 6.45) is 0.0822. The molecule has 2 aromatic rings. The van der Waals surface area contributed by atoms with E-state index < -0.39 is 5.97 Å². The molecule has 108 valence electrons. The number of carbonyl (C=O) groups excluding carboxylic acids is 1. The second-order valence-electron chi connectivity index (χ2n) is 4.62. The van der Waals surface area contributed by atoms with Gasteiger partial charge in [0.2, 0.25) is 5.91 Å². The molecule has 0 radical (unpaired) electrons. The van der Waals surface area contributed by atoms with Gasteiger partial charge in [0.15, 0.2) is 0 Å². The van der Waals surface area contributed by atoms with Gasteiger partial charge in [-0.05, 0) is 29.8 Å². The number of aromatic hydroxyl groups is 1. The van der Waals surface area contributed by atoms with Crippen molar-refractivity contribution in [2.24, 2.45) is 0 Å². The molecule has 0 aliphatic rings. The molecule has 5 heteroatoms. The molecule has 2 rings (SSSR count). The van der Waals surface area contributed by atoms with Crippen LogP contribution in [0.25, 0.3) is 0 Å². The first-order valence-electron chi connectivity index (χ1n) is 6.36. The van der Waals surface area contributed by atoms with Gasteiger partial charge in [-0.3, -0.25) is 4.79 Å². The highest BCUT2D eigenvalue weighted by Gasteiger charge is 2.18. The molecule has 0 aliphatic heterocycles. The van der Waals surface area contributed by atoms with Crippen LogP contribution in [0.15, 0.2) is 48.5 Å². The Hall–Kier alpha value is -2.82. The Kier molecular flexibility index (Phi) is 4.23. The van der Waals surface area contributed by atoms with Gasteiger partial charge in [-0.25, -0.2) is 4.79 Å². The van der Waals surface area contributed by atoms with Crippen molar-refractivity contribution in [2.45, 2.75) is 6.42 Å². The minimum atomic E-state index is -1.08. The van der Waals surface area contributed by atoms with Crippen LogP contribution >= 0.6 is 0 Å². The van der Waals surface area contributed by atoms with Crippen LogP contribution in [0, 0.1) is 0 Å². The predicted octanol–water partition coefficient (Wildman–Crippen LogP) is 2.30. The minimum absolute atomic E-state index is 0.0734. The Morgan fingerprint density at radius 3 is 2.48 bits per heavy atom. The fourth-order valence-corrected chi connectivity index (χ4v) is 2.04. The van der Waals surface area contributed by atoms with Gasteiger partial charge in [0.25, 0.3) is 0 Å². The zero-order valence-corrected chi connectivity index (χ0v) is 11.5. The lowest BCUT2D eigenvalue weighted by atomic mass is 10.1. The number of carbonyl (C=O) groups is 2. The summed E-state index contributed by atoms with van der Waals surface area (Å²) in [7, 11) is 1.53. The molecule has 5 nitrogen and oxygen atoms in total. The average Bonchev–Trinajstić information content (AvgIpc) is 2.46. The summed E-state index contributed by atoms with van der Waals surface area (Å²) in [4.78, 5) is 24.7. The van der Waals surface area contributed by atoms with Crippen molar-refractivity contribution in [1.29, 1.82) is 0 Å². The number of hydrogen-bond acceptors (Lipinski definition) is 3. The number of nitrogens with zero attached hydrogens (tertiary/aromatic N) is 1. The van der Waals surface area contributed by atoms with Crippen LogP contribution in [0.4, 0.5) is 5.69 Å². The van der Waals surface area contributed by atoms with Crippen LogP contribution in [-0.2, 0) is 11.2 Å². The summed E-state index contributed by atoms with van der Waals surface area (Å²) in [5, 5.41) is 18.5. The molecule has 0 heterocycles. The molecule has 2 aromatic carbocycles. The minimum Gasteiger partial charge on any atom is -0.508 e. The molecule has 2 N–H and O–H groups in total. The molecular weight excluding hydrogens is 270 g/mol. The van der Waals surface area contributed by atoms with E-state index in [9.17, 15) is 14.7 Å². The van der Waals surface area contributed by atoms with E-state index >= 15 is 0 Å². The Balaban J connectivity index is 2.22. The summed E-state index contributed by atoms with van der Waals surface area (Å²) in [6.45, 7) is 0. The number of amides is 1. The van der Waals surface area contributed by atoms with Crippen LogP contribution in [0.5, 0.6) is 5.75 Å². The number of phenolic OH excluding ortho intramolecular Hbond substituents is 1. The molecule has 0 fully saturated rings. The number of phenols is 1. The average molecular weight is 285 g/mol. The van der Waals surface area contributed by atoms with Gasteiger partial charge in [-0.2, -0.15) is 0 Å². The van der Waals surface area contributed by atoms with Crippen LogP contribution in [-0.4, -0.2) is 29.1 Å². The van der Waals surface area contributed by atoms with E-state index in [1.54, 1.807) is 30.3 Å². The summed E-state index contributed by atoms with van der Waals surface area (Å²) in [5.41, 5.74) is 1.08. The number of anilines is 1. The topological polar surface area (TPSA) is 77.8 Å². The molecule has 0 aromatic heterocycles. The number of para-hydroxylation sites is 1. The molecule has 0 saturated carbocycles. The number of carboxylic acid groups (broad SMARTS) is 1. The Labute approximate surface area is 122 Å². The number of rotatable bonds is 4. The van der Waals surface area contributed by atoms with E-state index in [1.165, 1.54) is 30.1 Å². The fourth-order valence-electron chi connectivity index (χ4n) is 2.04. The predicted molar refractivity (Wildman–Crippen MR) is 78.6 cm³/mol. The molecule has 0 aliphatic carbocycles. The highest BCUT2D eigenvalue weighted by molar-refractivity contribution is 6.02. The second-order valence-corrected chi connectivity index (χ2v) is 4.62. The maximum atomic E-state index is 12.3. The maximum absolute atomic E-state index is 12.3. The van der Waals surface area contributed by atoms with Crippen LogP contribution in [0.1, 0.15) is 15.9 Å². The second kappa shape index (κ2) is 6.09. The third kappa shape index (κ3) is 3.39. The van der Waals surface area contributed by atoms with E-state index in [0.29, 0.717) is 11.3 Å². The fraction of sp³-hybridized carbons (Fsp3) is 0.125. The third-order valence-corrected chi connectivity index (χ3v) is 3.14. The van der Waals surface area contributed by atoms with E-state index in [4.69, 9.17) is 5.11 Å². The number of hydrogen-bond donors (Lipinski definition) is 2. The number of carboxylic acids is 1. The van der Waals surface area contributed by atoms with E-state index in [0.717, 1.165) is 0 Å². The Bertz CT molecular complexity index is 681. The molecule has 0 unspecified atom stereocenters. The normalized spacial score (nSPS) is 10.1. The van der Waals surface area contributed by atoms with Crippen LogP contribution in [0.2, 0.25) is 0 Å². The zero-order valence-electron chi connectivity index (χ0n) is 11.5. The molecule has 1 amide bonds. The van der Waals surface area contributed by atoms with Gasteiger partial charge < -0.3 is 15.1 Å². The Morgan fingerprint density at radius 2 is 1.81 bits per heavy atom. The van der Waals surface area contributed by atoms with Crippen LogP contribution < -0.4 is 4.90 Å². The summed E-state index contributed by atoms with van der Waals surface area (Å²) >= 11 is 0. The number of likely N-dealkylation sites (N-methyl/N-ethyl adjacent to an activating group) is 1. The quantitative estimate of drug-likeness (QED) is 0.903. The van der Waals surface area contributed by atoms with Gasteiger partial charge in [0.1, 0.15) is 5.75 Å². The third-order valence-electron chi connectivity index (χ3n) is 3.14. The highest BCUT2D eigenvalue weighted by Crippen LogP contribution is 2.20. The number of benzene rings is 2. The Morgan fingerprint density at radius 1 is 1.10 bits per heavy atom. The monoisotopic (exact) mass is 285 g/mol. The molecule has 0 atom stereocenters. The lowest BCUT2D eigenvalue weighted by Gasteiger charge is -2.19. The number of aromatic carboxylic acids is 1. The molecule has 21 heavy (non-hydrogen) atoms. The molecule has 0 spiro atoms. The smallest absolute Gasteiger partial charge is 0.337 e. The van der Waals surface area contributed by atoms with Crippen LogP contribution in [0.3, 0.4) is 0 Å². The lowest BCUT2D eigenvalue weighted by Crippen LogP contribution is -2.29. The van der Waals surface area contributed by atoms with Crippen molar-refractivity contribution < 1.29 is 19.8 Å². The van der Waals surface area contributed by atoms with Gasteiger partial charge in [0.05, 0.1) is 17.7 Å². The first-order chi connectivity index (χ1) is 9.99. The van der Waals surface area contributed by atoms with Crippen molar-refractivity contribution in [3.05, 3.63) is 59.7 Å². The van der Waals surface area contributed by atoms with Crippen molar-refractivity contribution in [1.82, 2.24) is 0 Å². The first kappa shape index (κ1) is 14.6. The standard InChI is InChI=1S/C16H15NO4/c1-17(14-8-3-2-7-13(14)16(20)21)15(19)10-11-5-4-6-12(18)9-11/h2-9,18H,10H2,1H3,(H,20,21). The van der Waals surface area contributed by atoms with Gasteiger partial charge >= 0.3 is 5.97 Å². The van der Waals surface area contributed by atoms with Crippen molar-refractivity contribution in [3.63, 3.8) is 0 Å². The summed E-state index contributed by atoms with van der Waals surface area (Å²) < 4.78 is 0. The van der Waals surface area contributed by atoms with Crippen molar-refractivity contribution in [3.8, 4) is 5.75 Å². The van der Waals surface area contributed by atoms with Gasteiger partial charge in [0, 0.05) is 7.05 Å². The molecular formula is C16H15NO4.